The molecule has 1 N–H and O–H groups in total. The molecule has 1 aromatic heterocycles. The fourth-order valence-corrected chi connectivity index (χ4v) is 3.82. The summed E-state index contributed by atoms with van der Waals surface area (Å²) in [6.07, 6.45) is 7.29. The number of nitrogens with zero attached hydrogens (tertiary/aromatic N) is 3. The van der Waals surface area contributed by atoms with Gasteiger partial charge in [0, 0.05) is 30.4 Å². The van der Waals surface area contributed by atoms with Crippen molar-refractivity contribution >= 4 is 29.0 Å². The van der Waals surface area contributed by atoms with E-state index >= 15 is 0 Å². The minimum absolute atomic E-state index is 0. The van der Waals surface area contributed by atoms with Gasteiger partial charge in [-0.2, -0.15) is 0 Å². The number of rotatable bonds is 2. The summed E-state index contributed by atoms with van der Waals surface area (Å²) in [5, 5.41) is 11.0. The van der Waals surface area contributed by atoms with Crippen LogP contribution in [0.3, 0.4) is 0 Å². The van der Waals surface area contributed by atoms with Crippen LogP contribution in [-0.4, -0.2) is 47.5 Å². The number of aromatic nitrogens is 2. The van der Waals surface area contributed by atoms with Gasteiger partial charge >= 0.3 is 0 Å². The number of aliphatic hydroxyl groups is 1. The Morgan fingerprint density at radius 3 is 2.58 bits per heavy atom. The maximum absolute atomic E-state index is 9.80. The molecule has 130 valence electrons. The smallest absolute Gasteiger partial charge is 0.116 e. The number of morpholine rings is 1. The van der Waals surface area contributed by atoms with Gasteiger partial charge in [-0.3, -0.25) is 0 Å². The zero-order valence-electron chi connectivity index (χ0n) is 13.7. The van der Waals surface area contributed by atoms with Crippen LogP contribution in [0.25, 0.3) is 10.9 Å². The Bertz CT molecular complexity index is 683. The molecule has 2 heterocycles. The number of aliphatic hydroxyl groups excluding tert-OH is 1. The van der Waals surface area contributed by atoms with E-state index in [1.165, 1.54) is 11.3 Å². The highest BCUT2D eigenvalue weighted by atomic mass is 35.5. The fourth-order valence-electron chi connectivity index (χ4n) is 3.82. The monoisotopic (exact) mass is 349 g/mol. The number of halogens is 1. The van der Waals surface area contributed by atoms with Crippen LogP contribution in [0.4, 0.5) is 5.69 Å². The van der Waals surface area contributed by atoms with Crippen molar-refractivity contribution in [3.05, 3.63) is 30.2 Å². The van der Waals surface area contributed by atoms with E-state index < -0.39 is 0 Å². The van der Waals surface area contributed by atoms with Crippen molar-refractivity contribution in [1.82, 2.24) is 9.97 Å². The van der Waals surface area contributed by atoms with Gasteiger partial charge in [0.2, 0.25) is 0 Å². The minimum atomic E-state index is -0.129. The van der Waals surface area contributed by atoms with Crippen molar-refractivity contribution in [3.8, 4) is 0 Å². The van der Waals surface area contributed by atoms with Crippen LogP contribution in [0.1, 0.15) is 37.2 Å². The fraction of sp³-hybridized carbons (Fsp3) is 0.556. The molecular weight excluding hydrogens is 326 g/mol. The summed E-state index contributed by atoms with van der Waals surface area (Å²) in [5.74, 6) is 0.493. The van der Waals surface area contributed by atoms with Gasteiger partial charge in [-0.15, -0.1) is 12.4 Å². The van der Waals surface area contributed by atoms with Crippen molar-refractivity contribution in [3.63, 3.8) is 0 Å². The molecule has 24 heavy (non-hydrogen) atoms. The van der Waals surface area contributed by atoms with Crippen LogP contribution >= 0.6 is 12.4 Å². The average Bonchev–Trinajstić information content (AvgIpc) is 2.62. The van der Waals surface area contributed by atoms with Crippen molar-refractivity contribution < 1.29 is 9.84 Å². The Morgan fingerprint density at radius 1 is 1.08 bits per heavy atom. The highest BCUT2D eigenvalue weighted by molar-refractivity contribution is 5.86. The molecule has 2 aliphatic rings. The molecule has 0 unspecified atom stereocenters. The third-order valence-electron chi connectivity index (χ3n) is 5.15. The molecule has 0 spiro atoms. The topological polar surface area (TPSA) is 58.5 Å². The van der Waals surface area contributed by atoms with Crippen LogP contribution in [0.5, 0.6) is 0 Å². The Morgan fingerprint density at radius 2 is 1.83 bits per heavy atom. The number of hydrogen-bond donors (Lipinski definition) is 1. The van der Waals surface area contributed by atoms with Crippen LogP contribution in [0, 0.1) is 0 Å². The minimum Gasteiger partial charge on any atom is -0.393 e. The number of anilines is 1. The third kappa shape index (κ3) is 3.48. The van der Waals surface area contributed by atoms with E-state index in [0.29, 0.717) is 5.92 Å². The third-order valence-corrected chi connectivity index (χ3v) is 5.15. The van der Waals surface area contributed by atoms with Crippen molar-refractivity contribution in [1.29, 1.82) is 0 Å². The van der Waals surface area contributed by atoms with Gasteiger partial charge in [0.05, 0.1) is 24.8 Å². The predicted octanol–water partition coefficient (Wildman–Crippen LogP) is 2.91. The van der Waals surface area contributed by atoms with Gasteiger partial charge in [0.1, 0.15) is 6.33 Å². The van der Waals surface area contributed by atoms with E-state index in [4.69, 9.17) is 4.74 Å². The summed E-state index contributed by atoms with van der Waals surface area (Å²) in [4.78, 5) is 11.1. The van der Waals surface area contributed by atoms with Crippen molar-refractivity contribution in [2.45, 2.75) is 37.7 Å². The normalized spacial score (nSPS) is 24.6. The summed E-state index contributed by atoms with van der Waals surface area (Å²) < 4.78 is 5.47. The van der Waals surface area contributed by atoms with Gasteiger partial charge in [0.15, 0.2) is 0 Å². The molecule has 0 amide bonds. The van der Waals surface area contributed by atoms with E-state index in [-0.39, 0.29) is 18.5 Å². The lowest BCUT2D eigenvalue weighted by Crippen LogP contribution is -2.36. The van der Waals surface area contributed by atoms with Crippen LogP contribution in [-0.2, 0) is 4.74 Å². The summed E-state index contributed by atoms with van der Waals surface area (Å²) in [5.41, 5.74) is 3.60. The molecule has 1 saturated heterocycles. The summed E-state index contributed by atoms with van der Waals surface area (Å²) >= 11 is 0. The number of hydrogen-bond acceptors (Lipinski definition) is 5. The van der Waals surface area contributed by atoms with Crippen LogP contribution in [0.15, 0.2) is 24.7 Å². The van der Waals surface area contributed by atoms with E-state index in [9.17, 15) is 5.11 Å². The van der Waals surface area contributed by atoms with Gasteiger partial charge in [-0.1, -0.05) is 0 Å². The van der Waals surface area contributed by atoms with E-state index in [1.54, 1.807) is 6.33 Å². The first-order valence-corrected chi connectivity index (χ1v) is 8.55. The number of benzene rings is 1. The first-order chi connectivity index (χ1) is 11.3. The summed E-state index contributed by atoms with van der Waals surface area (Å²) in [7, 11) is 0. The van der Waals surface area contributed by atoms with E-state index in [0.717, 1.165) is 62.9 Å². The molecule has 1 saturated carbocycles. The SMILES string of the molecule is Cl.OC1CCC(c2cc(N3CCOCC3)cc3ncncc23)CC1. The molecule has 2 aromatic rings. The molecule has 0 bridgehead atoms. The van der Waals surface area contributed by atoms with Gasteiger partial charge < -0.3 is 14.7 Å². The Labute approximate surface area is 148 Å². The molecule has 2 fully saturated rings. The average molecular weight is 350 g/mol. The zero-order valence-corrected chi connectivity index (χ0v) is 14.5. The maximum Gasteiger partial charge on any atom is 0.116 e. The zero-order chi connectivity index (χ0) is 15.6. The lowest BCUT2D eigenvalue weighted by molar-refractivity contribution is 0.122. The highest BCUT2D eigenvalue weighted by Crippen LogP contribution is 2.38. The second-order valence-corrected chi connectivity index (χ2v) is 6.60. The molecule has 4 rings (SSSR count). The molecule has 1 aliphatic carbocycles. The van der Waals surface area contributed by atoms with Crippen LogP contribution < -0.4 is 4.90 Å². The molecule has 5 nitrogen and oxygen atoms in total. The highest BCUT2D eigenvalue weighted by Gasteiger charge is 2.24. The Kier molecular flexibility index (Phi) is 5.54. The summed E-state index contributed by atoms with van der Waals surface area (Å²) in [6, 6.07) is 4.49. The maximum atomic E-state index is 9.80. The lowest BCUT2D eigenvalue weighted by atomic mass is 9.81. The Balaban J connectivity index is 0.00000169. The van der Waals surface area contributed by atoms with Crippen LogP contribution in [0.2, 0.25) is 0 Å². The summed E-state index contributed by atoms with van der Waals surface area (Å²) in [6.45, 7) is 3.43. The first-order valence-electron chi connectivity index (χ1n) is 8.55. The van der Waals surface area contributed by atoms with Crippen molar-refractivity contribution in [2.24, 2.45) is 0 Å². The number of fused-ring (bicyclic) bond motifs is 1. The predicted molar refractivity (Wildman–Crippen MR) is 97.0 cm³/mol. The number of ether oxygens (including phenoxy) is 1. The standard InChI is InChI=1S/C18H23N3O2.ClH/c22-15-3-1-13(2-4-15)16-9-14(21-5-7-23-8-6-21)10-18-17(16)11-19-12-20-18;/h9-13,15,22H,1-8H2;1H. The molecular formula is C18H24ClN3O2. The van der Waals surface area contributed by atoms with Gasteiger partial charge in [0.25, 0.3) is 0 Å². The molecule has 1 aliphatic heterocycles. The largest absolute Gasteiger partial charge is 0.393 e. The molecule has 1 aromatic carbocycles. The second-order valence-electron chi connectivity index (χ2n) is 6.60. The molecule has 6 heteroatoms. The quantitative estimate of drug-likeness (QED) is 0.903. The second kappa shape index (κ2) is 7.64. The first kappa shape index (κ1) is 17.4. The van der Waals surface area contributed by atoms with Crippen molar-refractivity contribution in [2.75, 3.05) is 31.2 Å². The van der Waals surface area contributed by atoms with E-state index in [2.05, 4.69) is 27.0 Å². The van der Waals surface area contributed by atoms with Gasteiger partial charge in [-0.05, 0) is 49.3 Å². The molecule has 0 atom stereocenters. The molecule has 0 radical (unpaired) electrons. The van der Waals surface area contributed by atoms with Gasteiger partial charge in [-0.25, -0.2) is 9.97 Å². The van der Waals surface area contributed by atoms with E-state index in [1.807, 2.05) is 6.20 Å². The Hall–Kier alpha value is -1.43. The lowest BCUT2D eigenvalue weighted by Gasteiger charge is -2.31.